The number of rotatable bonds is 10. The van der Waals surface area contributed by atoms with Crippen LogP contribution in [0.25, 0.3) is 22.1 Å². The minimum atomic E-state index is -1.62. The molecule has 0 spiro atoms. The van der Waals surface area contributed by atoms with Gasteiger partial charge in [0, 0.05) is 18.6 Å². The number of nitrogens with two attached hydrogens (primary N) is 1. The summed E-state index contributed by atoms with van der Waals surface area (Å²) in [7, 11) is 0. The Hall–Kier alpha value is -3.68. The van der Waals surface area contributed by atoms with E-state index in [9.17, 15) is 35.1 Å². The molecule has 1 aromatic heterocycles. The van der Waals surface area contributed by atoms with Crippen LogP contribution in [0.15, 0.2) is 51.9 Å². The Bertz CT molecular complexity index is 1340. The Labute approximate surface area is 222 Å². The van der Waals surface area contributed by atoms with Gasteiger partial charge in [-0.25, -0.2) is 0 Å². The first kappa shape index (κ1) is 28.3. The van der Waals surface area contributed by atoms with Crippen LogP contribution in [0.3, 0.4) is 0 Å². The fourth-order valence-corrected chi connectivity index (χ4v) is 4.25. The van der Waals surface area contributed by atoms with Gasteiger partial charge in [0.2, 0.25) is 11.7 Å². The fourth-order valence-electron chi connectivity index (χ4n) is 4.25. The zero-order valence-electron chi connectivity index (χ0n) is 20.9. The van der Waals surface area contributed by atoms with Crippen LogP contribution in [0.2, 0.25) is 0 Å². The van der Waals surface area contributed by atoms with Gasteiger partial charge >= 0.3 is 5.97 Å². The number of phenolic OH excluding ortho intramolecular Hbond substituents is 2. The highest BCUT2D eigenvalue weighted by molar-refractivity contribution is 5.88. The Morgan fingerprint density at radius 3 is 2.44 bits per heavy atom. The number of aliphatic hydroxyl groups is 3. The summed E-state index contributed by atoms with van der Waals surface area (Å²) in [6.45, 7) is 0.193. The summed E-state index contributed by atoms with van der Waals surface area (Å²) in [6.07, 6.45) is -3.70. The number of aromatic hydroxyl groups is 2. The molecule has 3 aromatic rings. The zero-order valence-corrected chi connectivity index (χ0v) is 20.9. The van der Waals surface area contributed by atoms with Gasteiger partial charge in [0.1, 0.15) is 65.5 Å². The summed E-state index contributed by atoms with van der Waals surface area (Å²) in [5.74, 6) is -0.947. The first-order valence-electron chi connectivity index (χ1n) is 12.5. The quantitative estimate of drug-likeness (QED) is 0.157. The lowest BCUT2D eigenvalue weighted by atomic mass is 9.99. The fraction of sp³-hybridized carbons (Fsp3) is 0.407. The van der Waals surface area contributed by atoms with Crippen LogP contribution in [0, 0.1) is 0 Å². The van der Waals surface area contributed by atoms with Crippen LogP contribution >= 0.6 is 0 Å². The molecule has 210 valence electrons. The number of ether oxygens (including phenoxy) is 3. The number of carbonyl (C=O) groups excluding carboxylic acids is 1. The molecule has 0 bridgehead atoms. The molecular weight excluding hydrogens is 514 g/mol. The largest absolute Gasteiger partial charge is 0.508 e. The van der Waals surface area contributed by atoms with Crippen LogP contribution < -0.4 is 15.9 Å². The van der Waals surface area contributed by atoms with Gasteiger partial charge in [-0.05, 0) is 37.1 Å². The van der Waals surface area contributed by atoms with E-state index in [1.807, 2.05) is 0 Å². The summed E-state index contributed by atoms with van der Waals surface area (Å²) >= 11 is 0. The van der Waals surface area contributed by atoms with Crippen LogP contribution in [-0.4, -0.2) is 75.4 Å². The second kappa shape index (κ2) is 12.5. The standard InChI is InChI=1S/C27H31NO11/c28-9-3-1-2-4-21(31)37-13-20-24(33)25(34)26(35)27(39-20)38-16-7-5-14(6-8-16)17-12-36-19-11-15(29)10-18(30)22(19)23(17)32/h5-8,10-12,20,24-27,29-30,33-35H,1-4,9,13,28H2/t20-,24-,25+,26-,27+/m0/s1. The molecule has 12 nitrogen and oxygen atoms in total. The van der Waals surface area contributed by atoms with Crippen LogP contribution in [-0.2, 0) is 14.3 Å². The SMILES string of the molecule is NCCCCCC(=O)OC[C@@H]1O[C@@H](Oc2ccc(-c3coc4cc(O)cc(O)c4c3=O)cc2)[C@@H](O)[C@H](O)[C@H]1O. The first-order chi connectivity index (χ1) is 18.7. The van der Waals surface area contributed by atoms with E-state index in [2.05, 4.69) is 0 Å². The van der Waals surface area contributed by atoms with Crippen molar-refractivity contribution in [2.75, 3.05) is 13.2 Å². The van der Waals surface area contributed by atoms with Crippen molar-refractivity contribution in [1.29, 1.82) is 0 Å². The predicted molar refractivity (Wildman–Crippen MR) is 137 cm³/mol. The van der Waals surface area contributed by atoms with Gasteiger partial charge in [0.15, 0.2) is 0 Å². The molecular formula is C27H31NO11. The van der Waals surface area contributed by atoms with E-state index in [4.69, 9.17) is 24.4 Å². The summed E-state index contributed by atoms with van der Waals surface area (Å²) in [5.41, 5.74) is 5.52. The summed E-state index contributed by atoms with van der Waals surface area (Å²) in [6, 6.07) is 8.30. The number of unbranched alkanes of at least 4 members (excludes halogenated alkanes) is 2. The van der Waals surface area contributed by atoms with E-state index in [0.717, 1.165) is 18.9 Å². The van der Waals surface area contributed by atoms with Gasteiger partial charge in [0.25, 0.3) is 0 Å². The average Bonchev–Trinajstić information content (AvgIpc) is 2.91. The highest BCUT2D eigenvalue weighted by Crippen LogP contribution is 2.31. The molecule has 0 radical (unpaired) electrons. The Balaban J connectivity index is 1.42. The van der Waals surface area contributed by atoms with Crippen molar-refractivity contribution in [3.63, 3.8) is 0 Å². The highest BCUT2D eigenvalue weighted by Gasteiger charge is 2.45. The molecule has 0 saturated carbocycles. The number of phenols is 2. The van der Waals surface area contributed by atoms with Crippen molar-refractivity contribution in [3.8, 4) is 28.4 Å². The third-order valence-electron chi connectivity index (χ3n) is 6.42. The van der Waals surface area contributed by atoms with Crippen LogP contribution in [0.5, 0.6) is 17.2 Å². The first-order valence-corrected chi connectivity index (χ1v) is 12.5. The van der Waals surface area contributed by atoms with Crippen LogP contribution in [0.1, 0.15) is 25.7 Å². The molecule has 1 aliphatic rings. The molecule has 0 unspecified atom stereocenters. The molecule has 1 saturated heterocycles. The summed E-state index contributed by atoms with van der Waals surface area (Å²) in [5, 5.41) is 50.6. The maximum atomic E-state index is 12.9. The second-order valence-corrected chi connectivity index (χ2v) is 9.26. The monoisotopic (exact) mass is 545 g/mol. The molecule has 7 N–H and O–H groups in total. The third kappa shape index (κ3) is 6.49. The average molecular weight is 546 g/mol. The van der Waals surface area contributed by atoms with Crippen molar-refractivity contribution in [2.45, 2.75) is 56.4 Å². The topological polar surface area (TPSA) is 202 Å². The van der Waals surface area contributed by atoms with E-state index < -0.39 is 47.9 Å². The predicted octanol–water partition coefficient (Wildman–Crippen LogP) is 1.12. The van der Waals surface area contributed by atoms with Crippen molar-refractivity contribution in [2.24, 2.45) is 5.73 Å². The van der Waals surface area contributed by atoms with Gasteiger partial charge in [-0.3, -0.25) is 9.59 Å². The summed E-state index contributed by atoms with van der Waals surface area (Å²) in [4.78, 5) is 24.9. The van der Waals surface area contributed by atoms with E-state index in [1.54, 1.807) is 0 Å². The second-order valence-electron chi connectivity index (χ2n) is 9.26. The minimum absolute atomic E-state index is 0.0252. The number of benzene rings is 2. The lowest BCUT2D eigenvalue weighted by Crippen LogP contribution is -2.60. The van der Waals surface area contributed by atoms with Crippen LogP contribution in [0.4, 0.5) is 0 Å². The van der Waals surface area contributed by atoms with Crippen molar-refractivity contribution in [3.05, 3.63) is 52.9 Å². The normalized spacial score (nSPS) is 23.0. The Kier molecular flexibility index (Phi) is 9.04. The van der Waals surface area contributed by atoms with E-state index >= 15 is 0 Å². The van der Waals surface area contributed by atoms with Gasteiger partial charge in [-0.2, -0.15) is 0 Å². The molecule has 2 aromatic carbocycles. The number of hydrogen-bond acceptors (Lipinski definition) is 12. The number of aliphatic hydroxyl groups excluding tert-OH is 3. The molecule has 1 fully saturated rings. The maximum absolute atomic E-state index is 12.9. The van der Waals surface area contributed by atoms with Gasteiger partial charge in [-0.1, -0.05) is 18.6 Å². The van der Waals surface area contributed by atoms with E-state index in [-0.39, 0.29) is 41.1 Å². The van der Waals surface area contributed by atoms with Crippen molar-refractivity contribution < 1.29 is 49.0 Å². The van der Waals surface area contributed by atoms with Gasteiger partial charge in [-0.15, -0.1) is 0 Å². The van der Waals surface area contributed by atoms with Crippen molar-refractivity contribution in [1.82, 2.24) is 0 Å². The smallest absolute Gasteiger partial charge is 0.305 e. The summed E-state index contributed by atoms with van der Waals surface area (Å²) < 4.78 is 21.8. The molecule has 1 aliphatic heterocycles. The van der Waals surface area contributed by atoms with Gasteiger partial charge < -0.3 is 49.9 Å². The molecule has 2 heterocycles. The molecule has 0 aliphatic carbocycles. The molecule has 39 heavy (non-hydrogen) atoms. The molecule has 4 rings (SSSR count). The lowest BCUT2D eigenvalue weighted by Gasteiger charge is -2.39. The third-order valence-corrected chi connectivity index (χ3v) is 6.42. The highest BCUT2D eigenvalue weighted by atomic mass is 16.7. The Morgan fingerprint density at radius 1 is 0.974 bits per heavy atom. The number of hydrogen-bond donors (Lipinski definition) is 6. The number of fused-ring (bicyclic) bond motifs is 1. The van der Waals surface area contributed by atoms with Crippen molar-refractivity contribution >= 4 is 16.9 Å². The number of carbonyl (C=O) groups is 1. The Morgan fingerprint density at radius 2 is 1.72 bits per heavy atom. The molecule has 0 amide bonds. The van der Waals surface area contributed by atoms with E-state index in [0.29, 0.717) is 18.5 Å². The lowest BCUT2D eigenvalue weighted by molar-refractivity contribution is -0.278. The number of esters is 1. The maximum Gasteiger partial charge on any atom is 0.305 e. The van der Waals surface area contributed by atoms with E-state index in [1.165, 1.54) is 36.6 Å². The van der Waals surface area contributed by atoms with Gasteiger partial charge in [0.05, 0.1) is 5.56 Å². The molecule has 5 atom stereocenters. The zero-order chi connectivity index (χ0) is 28.1. The minimum Gasteiger partial charge on any atom is -0.508 e. The molecule has 12 heteroatoms.